The van der Waals surface area contributed by atoms with Crippen molar-refractivity contribution in [3.63, 3.8) is 0 Å². The molecule has 0 radical (unpaired) electrons. The van der Waals surface area contributed by atoms with Gasteiger partial charge in [0.05, 0.1) is 18.3 Å². The number of nitrogens with zero attached hydrogens (tertiary/aromatic N) is 5. The minimum Gasteiger partial charge on any atom is -0.379 e. The van der Waals surface area contributed by atoms with Crippen molar-refractivity contribution in [1.29, 1.82) is 0 Å². The average Bonchev–Trinajstić information content (AvgIpc) is 3.31. The van der Waals surface area contributed by atoms with Gasteiger partial charge in [-0.05, 0) is 37.8 Å². The molecule has 11 nitrogen and oxygen atoms in total. The maximum atomic E-state index is 13.3. The number of fused-ring (bicyclic) bond motifs is 1. The van der Waals surface area contributed by atoms with Crippen LogP contribution in [0, 0.1) is 6.57 Å². The van der Waals surface area contributed by atoms with E-state index in [9.17, 15) is 9.59 Å². The average molecular weight is 491 g/mol. The normalized spacial score (nSPS) is 23.5. The summed E-state index contributed by atoms with van der Waals surface area (Å²) in [4.78, 5) is 34.6. The second-order valence-electron chi connectivity index (χ2n) is 9.36. The van der Waals surface area contributed by atoms with Gasteiger partial charge in [0.25, 0.3) is 11.5 Å². The maximum Gasteiger partial charge on any atom is 0.274 e. The first-order chi connectivity index (χ1) is 17.5. The van der Waals surface area contributed by atoms with Crippen molar-refractivity contribution in [2.24, 2.45) is 0 Å². The standard InChI is InChI=1S/C25H30N8O3/c1-26-15-6-4-7-16(12-15)32-11-5-8-19(25(32)35)29-21-13-22(27-2)33-23(31-21)17(14-28-33)24(34)30-18-9-10-20(18)36-3/h5,8,11,13-16,18,20,27H,4,6-7,9-10,12H2,2-3H3,(H,29,31)(H,30,34)/t15-,16+,18?,20+/m1/s1. The lowest BCUT2D eigenvalue weighted by Crippen LogP contribution is -2.51. The van der Waals surface area contributed by atoms with Crippen LogP contribution in [0.15, 0.2) is 35.4 Å². The number of aromatic nitrogens is 4. The molecular weight excluding hydrogens is 460 g/mol. The summed E-state index contributed by atoms with van der Waals surface area (Å²) in [5, 5.41) is 13.6. The molecule has 3 N–H and O–H groups in total. The molecule has 4 atom stereocenters. The fraction of sp³-hybridized carbons (Fsp3) is 0.480. The van der Waals surface area contributed by atoms with Gasteiger partial charge >= 0.3 is 0 Å². The molecule has 0 aromatic carbocycles. The zero-order chi connectivity index (χ0) is 25.2. The van der Waals surface area contributed by atoms with Crippen molar-refractivity contribution in [3.8, 4) is 0 Å². The summed E-state index contributed by atoms with van der Waals surface area (Å²) in [5.74, 6) is 0.762. The van der Waals surface area contributed by atoms with E-state index in [1.165, 1.54) is 6.20 Å². The fourth-order valence-electron chi connectivity index (χ4n) is 5.07. The van der Waals surface area contributed by atoms with Gasteiger partial charge in [-0.15, -0.1) is 0 Å². The lowest BCUT2D eigenvalue weighted by atomic mass is 9.89. The Morgan fingerprint density at radius 3 is 2.86 bits per heavy atom. The Morgan fingerprint density at radius 1 is 1.28 bits per heavy atom. The second kappa shape index (κ2) is 9.99. The molecule has 2 fully saturated rings. The Hall–Kier alpha value is -3.91. The maximum absolute atomic E-state index is 13.3. The van der Waals surface area contributed by atoms with Crippen LogP contribution in [0.5, 0.6) is 0 Å². The summed E-state index contributed by atoms with van der Waals surface area (Å²) in [6.45, 7) is 7.37. The molecule has 0 aliphatic heterocycles. The molecule has 1 unspecified atom stereocenters. The van der Waals surface area contributed by atoms with Crippen molar-refractivity contribution in [3.05, 3.63) is 57.9 Å². The largest absolute Gasteiger partial charge is 0.379 e. The number of carbonyl (C=O) groups is 1. The zero-order valence-corrected chi connectivity index (χ0v) is 20.4. The quantitative estimate of drug-likeness (QED) is 0.436. The Morgan fingerprint density at radius 2 is 2.14 bits per heavy atom. The van der Waals surface area contributed by atoms with Gasteiger partial charge in [0.1, 0.15) is 22.9 Å². The number of anilines is 3. The number of methoxy groups -OCH3 is 1. The third-order valence-corrected chi connectivity index (χ3v) is 7.23. The Balaban J connectivity index is 1.44. The molecule has 36 heavy (non-hydrogen) atoms. The summed E-state index contributed by atoms with van der Waals surface area (Å²) in [6, 6.07) is 5.20. The number of ether oxygens (including phenoxy) is 1. The monoisotopic (exact) mass is 490 g/mol. The summed E-state index contributed by atoms with van der Waals surface area (Å²) in [5.41, 5.74) is 0.931. The first-order valence-electron chi connectivity index (χ1n) is 12.3. The van der Waals surface area contributed by atoms with Gasteiger partial charge in [0, 0.05) is 45.3 Å². The Bertz CT molecular complexity index is 1370. The van der Waals surface area contributed by atoms with Crippen molar-refractivity contribution < 1.29 is 9.53 Å². The molecule has 3 heterocycles. The van der Waals surface area contributed by atoms with Crippen LogP contribution in [0.3, 0.4) is 0 Å². The highest BCUT2D eigenvalue weighted by molar-refractivity contribution is 6.00. The van der Waals surface area contributed by atoms with Crippen LogP contribution in [0.2, 0.25) is 0 Å². The van der Waals surface area contributed by atoms with Crippen molar-refractivity contribution in [2.75, 3.05) is 24.8 Å². The van der Waals surface area contributed by atoms with Crippen LogP contribution < -0.4 is 21.5 Å². The molecule has 3 aromatic rings. The molecule has 2 aliphatic rings. The van der Waals surface area contributed by atoms with Gasteiger partial charge in [-0.25, -0.2) is 11.6 Å². The van der Waals surface area contributed by atoms with E-state index in [4.69, 9.17) is 11.3 Å². The number of rotatable bonds is 7. The molecule has 11 heteroatoms. The first kappa shape index (κ1) is 23.8. The third kappa shape index (κ3) is 4.40. The predicted molar refractivity (Wildman–Crippen MR) is 136 cm³/mol. The van der Waals surface area contributed by atoms with E-state index in [0.717, 1.165) is 32.1 Å². The zero-order valence-electron chi connectivity index (χ0n) is 20.4. The van der Waals surface area contributed by atoms with Gasteiger partial charge in [-0.1, -0.05) is 0 Å². The topological polar surface area (TPSA) is 119 Å². The van der Waals surface area contributed by atoms with E-state index >= 15 is 0 Å². The summed E-state index contributed by atoms with van der Waals surface area (Å²) in [6.07, 6.45) is 8.46. The summed E-state index contributed by atoms with van der Waals surface area (Å²) in [7, 11) is 3.40. The number of carbonyl (C=O) groups excluding carboxylic acids is 1. The third-order valence-electron chi connectivity index (χ3n) is 7.23. The van der Waals surface area contributed by atoms with Crippen LogP contribution in [-0.4, -0.2) is 57.4 Å². The molecule has 2 saturated carbocycles. The number of hydrogen-bond donors (Lipinski definition) is 3. The molecule has 1 amide bonds. The lowest BCUT2D eigenvalue weighted by molar-refractivity contribution is 0.00732. The van der Waals surface area contributed by atoms with Crippen LogP contribution in [-0.2, 0) is 4.74 Å². The molecule has 0 bridgehead atoms. The van der Waals surface area contributed by atoms with Gasteiger partial charge < -0.3 is 30.1 Å². The minimum absolute atomic E-state index is 0.00275. The molecule has 2 aliphatic carbocycles. The molecular formula is C25H30N8O3. The number of nitrogens with one attached hydrogen (secondary N) is 3. The fourth-order valence-corrected chi connectivity index (χ4v) is 5.07. The smallest absolute Gasteiger partial charge is 0.274 e. The van der Waals surface area contributed by atoms with Crippen molar-refractivity contribution in [2.45, 2.75) is 62.8 Å². The minimum atomic E-state index is -0.266. The molecule has 5 rings (SSSR count). The highest BCUT2D eigenvalue weighted by atomic mass is 16.5. The first-order valence-corrected chi connectivity index (χ1v) is 12.3. The summed E-state index contributed by atoms with van der Waals surface area (Å²) < 4.78 is 8.67. The van der Waals surface area contributed by atoms with Gasteiger partial charge in [-0.3, -0.25) is 9.59 Å². The van der Waals surface area contributed by atoms with E-state index in [-0.39, 0.29) is 35.7 Å². The molecule has 188 valence electrons. The van der Waals surface area contributed by atoms with Crippen molar-refractivity contribution in [1.82, 2.24) is 24.5 Å². The van der Waals surface area contributed by atoms with Crippen LogP contribution >= 0.6 is 0 Å². The summed E-state index contributed by atoms with van der Waals surface area (Å²) >= 11 is 0. The number of amides is 1. The van der Waals surface area contributed by atoms with E-state index in [1.807, 2.05) is 6.07 Å². The number of hydrogen-bond acceptors (Lipinski definition) is 7. The van der Waals surface area contributed by atoms with Gasteiger partial charge in [-0.2, -0.15) is 9.61 Å². The Kier molecular flexibility index (Phi) is 6.61. The van der Waals surface area contributed by atoms with Gasteiger partial charge in [0.2, 0.25) is 6.04 Å². The van der Waals surface area contributed by atoms with E-state index in [0.29, 0.717) is 35.0 Å². The predicted octanol–water partition coefficient (Wildman–Crippen LogP) is 2.99. The lowest BCUT2D eigenvalue weighted by Gasteiger charge is -2.35. The molecule has 3 aromatic heterocycles. The van der Waals surface area contributed by atoms with Crippen LogP contribution in [0.4, 0.5) is 17.3 Å². The van der Waals surface area contributed by atoms with E-state index in [2.05, 4.69) is 30.9 Å². The highest BCUT2D eigenvalue weighted by Crippen LogP contribution is 2.30. The molecule has 0 spiro atoms. The Labute approximate surface area is 208 Å². The number of pyridine rings is 1. The highest BCUT2D eigenvalue weighted by Gasteiger charge is 2.33. The van der Waals surface area contributed by atoms with Crippen molar-refractivity contribution >= 4 is 28.9 Å². The molecule has 0 saturated heterocycles. The van der Waals surface area contributed by atoms with E-state index < -0.39 is 0 Å². The SMILES string of the molecule is [C-]#[N+][C@@H]1CCC[C@H](n2cccc(Nc3cc(NC)n4ncc(C(=O)NC5CC[C@@H]5OC)c4n3)c2=O)C1. The van der Waals surface area contributed by atoms with Crippen LogP contribution in [0.25, 0.3) is 10.5 Å². The van der Waals surface area contributed by atoms with Crippen LogP contribution in [0.1, 0.15) is 54.9 Å². The second-order valence-corrected chi connectivity index (χ2v) is 9.36. The van der Waals surface area contributed by atoms with Gasteiger partial charge in [0.15, 0.2) is 5.65 Å². The van der Waals surface area contributed by atoms with E-state index in [1.54, 1.807) is 41.6 Å².